The van der Waals surface area contributed by atoms with E-state index in [4.69, 9.17) is 19.9 Å². The van der Waals surface area contributed by atoms with Crippen molar-refractivity contribution < 1.29 is 56.6 Å². The number of nitrogens with zero attached hydrogens (tertiary/aromatic N) is 6. The minimum Gasteiger partial charge on any atom is -0.444 e. The number of hydrogen-bond acceptors (Lipinski definition) is 13. The summed E-state index contributed by atoms with van der Waals surface area (Å²) >= 11 is 0. The van der Waals surface area contributed by atoms with Gasteiger partial charge in [0.2, 0.25) is 23.6 Å². The first-order chi connectivity index (χ1) is 40.7. The summed E-state index contributed by atoms with van der Waals surface area (Å²) in [5, 5.41) is 7.98. The van der Waals surface area contributed by atoms with E-state index in [9.17, 15) is 33.6 Å². The van der Waals surface area contributed by atoms with Gasteiger partial charge in [-0.3, -0.25) is 29.0 Å². The number of alkyl carbamates (subject to hydrolysis) is 1. The Morgan fingerprint density at radius 3 is 1.46 bits per heavy atom. The standard InChI is InChI=1S/C34H42FN5O6.C29H34FN5O4/c1-24(41)36-22-28-23-40(33(44)45-28)27-13-14-30(29(35)20-27)38-15-17-39(18-16-38)31(42)12-7-5-6-9-25-10-8-11-26(19-25)21-37-32(43)46-34(2,3)4;1-21(36)32-19-25-20-35(29(38)39-25)24-10-11-27(26(30)17-24)33-12-14-34(15-13-33)28(37)9-4-2-3-6-22-7-5-8-23(16-22)18-31/h8,10-11,13-14,19-20,28H,5,7,12,15-18,21-23H2,1-4H3,(H,36,41)(H,37,43);5,7-8,10-11,16-17,25H,2,4,9,12-15,18-20,31H2,1H3,(H,32,36). The summed E-state index contributed by atoms with van der Waals surface area (Å²) in [5.74, 6) is 11.3. The highest BCUT2D eigenvalue weighted by molar-refractivity contribution is 5.91. The van der Waals surface area contributed by atoms with Crippen molar-refractivity contribution in [3.05, 3.63) is 119 Å². The summed E-state index contributed by atoms with van der Waals surface area (Å²) in [6.45, 7) is 13.9. The Balaban J connectivity index is 0.000000247. The second-order valence-electron chi connectivity index (χ2n) is 21.9. The first-order valence-electron chi connectivity index (χ1n) is 28.6. The van der Waals surface area contributed by atoms with Gasteiger partial charge in [0.25, 0.3) is 0 Å². The van der Waals surface area contributed by atoms with Crippen LogP contribution in [0.1, 0.15) is 95.4 Å². The van der Waals surface area contributed by atoms with Crippen LogP contribution in [0, 0.1) is 35.3 Å². The zero-order valence-corrected chi connectivity index (χ0v) is 49.0. The van der Waals surface area contributed by atoms with E-state index in [0.29, 0.717) is 127 Å². The van der Waals surface area contributed by atoms with Gasteiger partial charge in [0.15, 0.2) is 0 Å². The molecule has 4 aliphatic heterocycles. The molecular formula is C63H76F2N10O10. The van der Waals surface area contributed by atoms with Gasteiger partial charge in [-0.1, -0.05) is 47.9 Å². The number of rotatable bonds is 17. The summed E-state index contributed by atoms with van der Waals surface area (Å²) in [6, 6.07) is 24.7. The van der Waals surface area contributed by atoms with Gasteiger partial charge in [0, 0.05) is 116 Å². The van der Waals surface area contributed by atoms with E-state index in [2.05, 4.69) is 39.6 Å². The highest BCUT2D eigenvalue weighted by Crippen LogP contribution is 2.31. The van der Waals surface area contributed by atoms with Gasteiger partial charge in [-0.15, -0.1) is 0 Å². The number of halogens is 2. The number of ether oxygens (including phenoxy) is 3. The molecule has 2 unspecified atom stereocenters. The molecule has 4 aliphatic rings. The molecule has 85 heavy (non-hydrogen) atoms. The molecule has 8 rings (SSSR count). The number of carbonyl (C=O) groups excluding carboxylic acids is 7. The SMILES string of the molecule is CC(=O)NCC1CN(c2ccc(N3CCN(C(=O)CCCC#Cc4cccc(CN)c4)CC3)c(F)c2)C(=O)O1.CC(=O)NCC1CN(c2ccc(N3CCN(C(=O)CCCC#Cc4cccc(CNC(=O)OC(C)(C)C)c4)CC3)c(F)c2)C(=O)O1. The summed E-state index contributed by atoms with van der Waals surface area (Å²) in [5.41, 5.74) is 10.4. The van der Waals surface area contributed by atoms with Crippen LogP contribution in [0.15, 0.2) is 84.9 Å². The van der Waals surface area contributed by atoms with E-state index < -0.39 is 47.7 Å². The van der Waals surface area contributed by atoms with Gasteiger partial charge in [0.05, 0.1) is 48.9 Å². The van der Waals surface area contributed by atoms with Crippen molar-refractivity contribution in [1.29, 1.82) is 0 Å². The van der Waals surface area contributed by atoms with Gasteiger partial charge in [-0.25, -0.2) is 23.2 Å². The zero-order chi connectivity index (χ0) is 61.0. The minimum absolute atomic E-state index is 0.0499. The highest BCUT2D eigenvalue weighted by Gasteiger charge is 2.35. The molecule has 22 heteroatoms. The van der Waals surface area contributed by atoms with Gasteiger partial charge in [-0.05, 0) is 105 Å². The molecule has 2 atom stereocenters. The van der Waals surface area contributed by atoms with Gasteiger partial charge in [0.1, 0.15) is 29.4 Å². The molecule has 5 N–H and O–H groups in total. The Kier molecular flexibility index (Phi) is 22.9. The second kappa shape index (κ2) is 30.6. The fourth-order valence-electron chi connectivity index (χ4n) is 9.75. The van der Waals surface area contributed by atoms with Crippen molar-refractivity contribution in [2.75, 3.05) is 98.1 Å². The fraction of sp³-hybridized carbons (Fsp3) is 0.444. The number of benzene rings is 4. The minimum atomic E-state index is -0.584. The van der Waals surface area contributed by atoms with Crippen LogP contribution < -0.4 is 41.3 Å². The van der Waals surface area contributed by atoms with Crippen molar-refractivity contribution in [2.24, 2.45) is 5.73 Å². The molecule has 4 fully saturated rings. The van der Waals surface area contributed by atoms with E-state index in [-0.39, 0.29) is 49.8 Å². The third-order valence-electron chi connectivity index (χ3n) is 14.1. The van der Waals surface area contributed by atoms with Crippen LogP contribution in [0.4, 0.5) is 45.9 Å². The smallest absolute Gasteiger partial charge is 0.414 e. The average molecular weight is 1170 g/mol. The van der Waals surface area contributed by atoms with Crippen molar-refractivity contribution >= 4 is 64.7 Å². The molecule has 4 heterocycles. The number of cyclic esters (lactones) is 2. The van der Waals surface area contributed by atoms with E-state index in [1.54, 1.807) is 29.2 Å². The molecule has 0 radical (unpaired) electrons. The Hall–Kier alpha value is -8.89. The number of unbranched alkanes of at least 4 members (excludes halogenated alkanes) is 2. The van der Waals surface area contributed by atoms with Gasteiger partial charge >= 0.3 is 18.3 Å². The Labute approximate surface area is 495 Å². The quantitative estimate of drug-likeness (QED) is 0.0485. The molecule has 4 saturated heterocycles. The van der Waals surface area contributed by atoms with Crippen molar-refractivity contribution in [2.45, 2.75) is 104 Å². The highest BCUT2D eigenvalue weighted by atomic mass is 19.1. The molecule has 20 nitrogen and oxygen atoms in total. The maximum atomic E-state index is 15.1. The predicted molar refractivity (Wildman–Crippen MR) is 318 cm³/mol. The van der Waals surface area contributed by atoms with Crippen LogP contribution in [-0.2, 0) is 46.5 Å². The van der Waals surface area contributed by atoms with Crippen LogP contribution in [-0.4, -0.2) is 148 Å². The maximum Gasteiger partial charge on any atom is 0.414 e. The number of amides is 7. The van der Waals surface area contributed by atoms with Gasteiger partial charge < -0.3 is 55.5 Å². The van der Waals surface area contributed by atoms with Crippen LogP contribution in [0.5, 0.6) is 0 Å². The number of anilines is 4. The van der Waals surface area contributed by atoms with Crippen LogP contribution in [0.3, 0.4) is 0 Å². The summed E-state index contributed by atoms with van der Waals surface area (Å²) in [4.78, 5) is 94.3. The molecule has 0 aliphatic carbocycles. The first-order valence-corrected chi connectivity index (χ1v) is 28.6. The second-order valence-corrected chi connectivity index (χ2v) is 21.9. The van der Waals surface area contributed by atoms with Crippen LogP contribution >= 0.6 is 0 Å². The largest absolute Gasteiger partial charge is 0.444 e. The Morgan fingerprint density at radius 2 is 1.05 bits per heavy atom. The molecule has 0 saturated carbocycles. The molecular weight excluding hydrogens is 1090 g/mol. The topological polar surface area (TPSA) is 229 Å². The summed E-state index contributed by atoms with van der Waals surface area (Å²) in [6.07, 6.45) is 0.704. The zero-order valence-electron chi connectivity index (χ0n) is 49.0. The molecule has 4 aromatic carbocycles. The van der Waals surface area contributed by atoms with Crippen molar-refractivity contribution in [3.63, 3.8) is 0 Å². The maximum absolute atomic E-state index is 15.1. The fourth-order valence-corrected chi connectivity index (χ4v) is 9.75. The molecule has 452 valence electrons. The molecule has 0 spiro atoms. The molecule has 0 aromatic heterocycles. The Bertz CT molecular complexity index is 3170. The van der Waals surface area contributed by atoms with E-state index in [1.807, 2.05) is 84.0 Å². The van der Waals surface area contributed by atoms with Gasteiger partial charge in [-0.2, -0.15) is 0 Å². The summed E-state index contributed by atoms with van der Waals surface area (Å²) in [7, 11) is 0. The van der Waals surface area contributed by atoms with Crippen LogP contribution in [0.2, 0.25) is 0 Å². The van der Waals surface area contributed by atoms with E-state index in [1.165, 1.54) is 35.8 Å². The lowest BCUT2D eigenvalue weighted by molar-refractivity contribution is -0.132. The Morgan fingerprint density at radius 1 is 0.612 bits per heavy atom. The predicted octanol–water partition coefficient (Wildman–Crippen LogP) is 6.80. The van der Waals surface area contributed by atoms with E-state index in [0.717, 1.165) is 22.3 Å². The van der Waals surface area contributed by atoms with E-state index >= 15 is 8.78 Å². The number of nitrogens with one attached hydrogen (secondary N) is 3. The molecule has 4 aromatic rings. The number of hydrogen-bond donors (Lipinski definition) is 4. The average Bonchev–Trinajstić information content (AvgIpc) is 3.87. The number of carbonyl (C=O) groups is 7. The lowest BCUT2D eigenvalue weighted by Crippen LogP contribution is -2.49. The third-order valence-corrected chi connectivity index (χ3v) is 14.1. The number of nitrogens with two attached hydrogens (primary N) is 1. The lowest BCUT2D eigenvalue weighted by atomic mass is 10.1. The monoisotopic (exact) mass is 1170 g/mol. The summed E-state index contributed by atoms with van der Waals surface area (Å²) < 4.78 is 46.0. The third kappa shape index (κ3) is 19.6. The number of piperazine rings is 2. The first kappa shape index (κ1) is 63.7. The van der Waals surface area contributed by atoms with Crippen molar-refractivity contribution in [1.82, 2.24) is 25.8 Å². The van der Waals surface area contributed by atoms with Crippen LogP contribution in [0.25, 0.3) is 0 Å². The molecule has 0 bridgehead atoms. The normalized spacial score (nSPS) is 16.6. The lowest BCUT2D eigenvalue weighted by Gasteiger charge is -2.36. The van der Waals surface area contributed by atoms with Crippen molar-refractivity contribution in [3.8, 4) is 23.7 Å². The molecule has 7 amide bonds.